The van der Waals surface area contributed by atoms with E-state index >= 15 is 0 Å². The van der Waals surface area contributed by atoms with Crippen LogP contribution in [0, 0.1) is 11.3 Å². The van der Waals surface area contributed by atoms with Crippen molar-refractivity contribution in [3.8, 4) is 6.07 Å². The molecule has 0 aliphatic heterocycles. The quantitative estimate of drug-likeness (QED) is 0.563. The molecule has 0 aliphatic carbocycles. The zero-order valence-electron chi connectivity index (χ0n) is 8.34. The van der Waals surface area contributed by atoms with Crippen LogP contribution in [-0.4, -0.2) is 11.1 Å². The van der Waals surface area contributed by atoms with Gasteiger partial charge in [0.25, 0.3) is 0 Å². The minimum Gasteiger partial charge on any atom is -0.478 e. The van der Waals surface area contributed by atoms with Crippen LogP contribution in [0.5, 0.6) is 0 Å². The van der Waals surface area contributed by atoms with Gasteiger partial charge < -0.3 is 5.11 Å². The van der Waals surface area contributed by atoms with E-state index in [1.165, 1.54) is 6.08 Å². The molecule has 0 aromatic heterocycles. The third kappa shape index (κ3) is 24.5. The van der Waals surface area contributed by atoms with Crippen molar-refractivity contribution in [2.75, 3.05) is 0 Å². The molecule has 0 aliphatic rings. The van der Waals surface area contributed by atoms with Crippen molar-refractivity contribution in [3.05, 3.63) is 61.7 Å². The average molecular weight is 203 g/mol. The Hall–Kier alpha value is -2.34. The Morgan fingerprint density at radius 2 is 1.33 bits per heavy atom. The van der Waals surface area contributed by atoms with Crippen LogP contribution in [-0.2, 0) is 4.79 Å². The van der Waals surface area contributed by atoms with Crippen LogP contribution in [0.3, 0.4) is 0 Å². The Morgan fingerprint density at radius 3 is 1.40 bits per heavy atom. The molecule has 3 heteroatoms. The molecule has 1 rings (SSSR count). The number of carboxylic acid groups (broad SMARTS) is 1. The molecule has 0 heterocycles. The number of nitriles is 1. The average Bonchev–Trinajstić information content (AvgIpc) is 2.32. The van der Waals surface area contributed by atoms with Crippen molar-refractivity contribution in [1.82, 2.24) is 0 Å². The number of hydrogen-bond acceptors (Lipinski definition) is 2. The Labute approximate surface area is 89.6 Å². The second-order valence-electron chi connectivity index (χ2n) is 2.03. The summed E-state index contributed by atoms with van der Waals surface area (Å²) in [6.45, 7) is 6.08. The van der Waals surface area contributed by atoms with E-state index in [1.54, 1.807) is 6.07 Å². The van der Waals surface area contributed by atoms with E-state index in [1.807, 2.05) is 36.4 Å². The summed E-state index contributed by atoms with van der Waals surface area (Å²) >= 11 is 0. The molecule has 1 aromatic carbocycles. The summed E-state index contributed by atoms with van der Waals surface area (Å²) in [6.07, 6.45) is 2.01. The van der Waals surface area contributed by atoms with Crippen molar-refractivity contribution in [1.29, 1.82) is 5.26 Å². The zero-order chi connectivity index (χ0) is 11.9. The lowest BCUT2D eigenvalue weighted by molar-refractivity contribution is -0.131. The Kier molecular flexibility index (Phi) is 14.3. The largest absolute Gasteiger partial charge is 0.478 e. The van der Waals surface area contributed by atoms with Crippen LogP contribution in [0.2, 0.25) is 0 Å². The van der Waals surface area contributed by atoms with Gasteiger partial charge in [0.05, 0.1) is 6.07 Å². The number of aliphatic carboxylic acids is 1. The number of carboxylic acids is 1. The third-order valence-electron chi connectivity index (χ3n) is 0.933. The fourth-order valence-corrected chi connectivity index (χ4v) is 0.385. The Bertz CT molecular complexity index is 285. The highest BCUT2D eigenvalue weighted by Crippen LogP contribution is 1.79. The van der Waals surface area contributed by atoms with Crippen molar-refractivity contribution in [2.45, 2.75) is 0 Å². The summed E-state index contributed by atoms with van der Waals surface area (Å²) in [5.74, 6) is -0.981. The minimum absolute atomic E-state index is 0.833. The van der Waals surface area contributed by atoms with Crippen LogP contribution in [0.1, 0.15) is 0 Å². The molecule has 0 amide bonds. The van der Waals surface area contributed by atoms with Crippen molar-refractivity contribution in [3.63, 3.8) is 0 Å². The standard InChI is InChI=1S/C6H6.C3H3N.C3H4O2/c1-2-4-6-5-3-1;1-2-3-4;1-2-3(4)5/h1-6H;2H,1H2;2H,1H2,(H,4,5). The van der Waals surface area contributed by atoms with E-state index in [9.17, 15) is 4.79 Å². The Morgan fingerprint density at radius 1 is 1.13 bits per heavy atom. The number of nitrogens with zero attached hydrogens (tertiary/aromatic N) is 1. The SMILES string of the molecule is C=CC#N.C=CC(=O)O.c1ccccc1. The highest BCUT2D eigenvalue weighted by atomic mass is 16.4. The van der Waals surface area contributed by atoms with E-state index in [0.717, 1.165) is 6.08 Å². The lowest BCUT2D eigenvalue weighted by atomic mass is 10.4. The molecule has 0 atom stereocenters. The molecular weight excluding hydrogens is 190 g/mol. The predicted molar refractivity (Wildman–Crippen MR) is 60.1 cm³/mol. The van der Waals surface area contributed by atoms with Crippen LogP contribution in [0.25, 0.3) is 0 Å². The fourth-order valence-electron chi connectivity index (χ4n) is 0.385. The van der Waals surface area contributed by atoms with Crippen molar-refractivity contribution >= 4 is 5.97 Å². The number of carbonyl (C=O) groups is 1. The van der Waals surface area contributed by atoms with E-state index in [2.05, 4.69) is 13.2 Å². The highest BCUT2D eigenvalue weighted by Gasteiger charge is 1.73. The lowest BCUT2D eigenvalue weighted by Gasteiger charge is -1.69. The Balaban J connectivity index is 0. The van der Waals surface area contributed by atoms with Gasteiger partial charge in [-0.3, -0.25) is 0 Å². The molecule has 3 nitrogen and oxygen atoms in total. The van der Waals surface area contributed by atoms with Gasteiger partial charge >= 0.3 is 5.97 Å². The molecule has 1 N–H and O–H groups in total. The molecule has 0 radical (unpaired) electrons. The second-order valence-corrected chi connectivity index (χ2v) is 2.03. The molecule has 1 aromatic rings. The van der Waals surface area contributed by atoms with E-state index in [-0.39, 0.29) is 0 Å². The molecule has 0 saturated carbocycles. The normalized spacial score (nSPS) is 6.33. The molecule has 0 bridgehead atoms. The van der Waals surface area contributed by atoms with Crippen LogP contribution in [0.15, 0.2) is 61.7 Å². The summed E-state index contributed by atoms with van der Waals surface area (Å²) in [6, 6.07) is 13.7. The molecule has 0 unspecified atom stereocenters. The second kappa shape index (κ2) is 14.2. The first kappa shape index (κ1) is 15.1. The summed E-state index contributed by atoms with van der Waals surface area (Å²) in [5.41, 5.74) is 0. The molecule has 78 valence electrons. The monoisotopic (exact) mass is 203 g/mol. The summed E-state index contributed by atoms with van der Waals surface area (Å²) in [7, 11) is 0. The highest BCUT2D eigenvalue weighted by molar-refractivity contribution is 5.78. The fraction of sp³-hybridized carbons (Fsp3) is 0. The first-order valence-corrected chi connectivity index (χ1v) is 4.05. The number of benzene rings is 1. The molecule has 0 fully saturated rings. The summed E-state index contributed by atoms with van der Waals surface area (Å²) in [5, 5.41) is 15.1. The van der Waals surface area contributed by atoms with Gasteiger partial charge in [-0.2, -0.15) is 5.26 Å². The number of rotatable bonds is 1. The van der Waals surface area contributed by atoms with Gasteiger partial charge in [-0.25, -0.2) is 4.79 Å². The maximum Gasteiger partial charge on any atom is 0.327 e. The van der Waals surface area contributed by atoms with Crippen LogP contribution in [0.4, 0.5) is 0 Å². The first-order chi connectivity index (χ1) is 7.18. The van der Waals surface area contributed by atoms with Gasteiger partial charge in [0.1, 0.15) is 0 Å². The van der Waals surface area contributed by atoms with E-state index in [4.69, 9.17) is 10.4 Å². The maximum atomic E-state index is 9.25. The minimum atomic E-state index is -0.981. The van der Waals surface area contributed by atoms with E-state index in [0.29, 0.717) is 0 Å². The maximum absolute atomic E-state index is 9.25. The molecular formula is C12H13NO2. The molecule has 0 saturated heterocycles. The first-order valence-electron chi connectivity index (χ1n) is 4.05. The third-order valence-corrected chi connectivity index (χ3v) is 0.933. The van der Waals surface area contributed by atoms with Crippen molar-refractivity contribution < 1.29 is 9.90 Å². The van der Waals surface area contributed by atoms with Crippen LogP contribution < -0.4 is 0 Å². The number of hydrogen-bond donors (Lipinski definition) is 1. The lowest BCUT2D eigenvalue weighted by Crippen LogP contribution is -1.82. The number of allylic oxidation sites excluding steroid dienone is 1. The zero-order valence-corrected chi connectivity index (χ0v) is 8.34. The smallest absolute Gasteiger partial charge is 0.327 e. The predicted octanol–water partition coefficient (Wildman–Crippen LogP) is 2.64. The van der Waals surface area contributed by atoms with Gasteiger partial charge in [-0.1, -0.05) is 49.6 Å². The van der Waals surface area contributed by atoms with Crippen LogP contribution >= 0.6 is 0 Å². The van der Waals surface area contributed by atoms with Gasteiger partial charge in [-0.15, -0.1) is 0 Å². The molecule has 0 spiro atoms. The van der Waals surface area contributed by atoms with Gasteiger partial charge in [0, 0.05) is 12.2 Å². The topological polar surface area (TPSA) is 61.1 Å². The van der Waals surface area contributed by atoms with Gasteiger partial charge in [0.15, 0.2) is 0 Å². The van der Waals surface area contributed by atoms with E-state index < -0.39 is 5.97 Å². The summed E-state index contributed by atoms with van der Waals surface area (Å²) in [4.78, 5) is 9.25. The van der Waals surface area contributed by atoms with Gasteiger partial charge in [0.2, 0.25) is 0 Å². The van der Waals surface area contributed by atoms with Gasteiger partial charge in [-0.05, 0) is 0 Å². The summed E-state index contributed by atoms with van der Waals surface area (Å²) < 4.78 is 0. The molecule has 15 heavy (non-hydrogen) atoms. The van der Waals surface area contributed by atoms with Crippen molar-refractivity contribution in [2.24, 2.45) is 0 Å².